The molecule has 0 spiro atoms. The SMILES string of the molecule is C=C(C)C(=O)O.O=C1CCCCC([SiH3])O1. The smallest absolute Gasteiger partial charge is 0.330 e. The highest BCUT2D eigenvalue weighted by Gasteiger charge is 2.12. The summed E-state index contributed by atoms with van der Waals surface area (Å²) in [4.78, 5) is 20.3. The van der Waals surface area contributed by atoms with Crippen molar-refractivity contribution < 1.29 is 19.4 Å². The van der Waals surface area contributed by atoms with Gasteiger partial charge < -0.3 is 9.84 Å². The molecule has 0 saturated carbocycles. The third-order valence-corrected chi connectivity index (χ3v) is 2.75. The number of carboxylic acid groups (broad SMARTS) is 1. The molecule has 1 aliphatic rings. The molecule has 15 heavy (non-hydrogen) atoms. The molecular weight excluding hydrogens is 212 g/mol. The van der Waals surface area contributed by atoms with Gasteiger partial charge in [-0.2, -0.15) is 0 Å². The minimum absolute atomic E-state index is 0.00694. The van der Waals surface area contributed by atoms with Crippen molar-refractivity contribution >= 4 is 22.2 Å². The predicted molar refractivity (Wildman–Crippen MR) is 60.7 cm³/mol. The lowest BCUT2D eigenvalue weighted by atomic mass is 10.2. The van der Waals surface area contributed by atoms with Crippen LogP contribution in [-0.2, 0) is 14.3 Å². The number of esters is 1. The third kappa shape index (κ3) is 7.93. The first-order chi connectivity index (χ1) is 6.93. The van der Waals surface area contributed by atoms with Crippen LogP contribution in [0.25, 0.3) is 0 Å². The van der Waals surface area contributed by atoms with Crippen LogP contribution in [0.15, 0.2) is 12.2 Å². The Hall–Kier alpha value is -1.10. The Kier molecular flexibility index (Phi) is 6.69. The topological polar surface area (TPSA) is 63.6 Å². The van der Waals surface area contributed by atoms with Crippen LogP contribution in [-0.4, -0.2) is 33.0 Å². The first kappa shape index (κ1) is 13.9. The summed E-state index contributed by atoms with van der Waals surface area (Å²) in [6, 6.07) is 0. The minimum Gasteiger partial charge on any atom is -0.478 e. The molecule has 0 aromatic heterocycles. The lowest BCUT2D eigenvalue weighted by molar-refractivity contribution is -0.144. The van der Waals surface area contributed by atoms with E-state index in [1.165, 1.54) is 13.3 Å². The fourth-order valence-electron chi connectivity index (χ4n) is 1.04. The molecular formula is C10H18O4Si. The first-order valence-electron chi connectivity index (χ1n) is 5.01. The van der Waals surface area contributed by atoms with Crippen LogP contribution >= 0.6 is 0 Å². The van der Waals surface area contributed by atoms with E-state index in [0.29, 0.717) is 12.1 Å². The van der Waals surface area contributed by atoms with Crippen molar-refractivity contribution in [2.45, 2.75) is 38.3 Å². The van der Waals surface area contributed by atoms with Crippen molar-refractivity contribution in [3.8, 4) is 0 Å². The molecule has 0 aromatic rings. The van der Waals surface area contributed by atoms with E-state index in [1.54, 1.807) is 0 Å². The van der Waals surface area contributed by atoms with E-state index in [9.17, 15) is 9.59 Å². The molecule has 1 atom stereocenters. The highest BCUT2D eigenvalue weighted by Crippen LogP contribution is 2.11. The van der Waals surface area contributed by atoms with Crippen molar-refractivity contribution in [2.75, 3.05) is 0 Å². The molecule has 0 amide bonds. The number of hydrogen-bond acceptors (Lipinski definition) is 3. The standard InChI is InChI=1S/C6H12O2Si.C4H6O2/c7-5-3-1-2-4-6(9)8-5;1-3(2)4(5)6/h6H,1-4H2,9H3;1H2,2H3,(H,5,6). The molecule has 0 radical (unpaired) electrons. The fourth-order valence-corrected chi connectivity index (χ4v) is 1.71. The first-order valence-corrected chi connectivity index (χ1v) is 6.17. The molecule has 0 aliphatic carbocycles. The maximum Gasteiger partial charge on any atom is 0.330 e. The number of carbonyl (C=O) groups is 2. The summed E-state index contributed by atoms with van der Waals surface area (Å²) in [5.74, 6) is -0.928. The van der Waals surface area contributed by atoms with E-state index < -0.39 is 5.97 Å². The number of cyclic esters (lactones) is 1. The van der Waals surface area contributed by atoms with Gasteiger partial charge in [-0.1, -0.05) is 6.58 Å². The van der Waals surface area contributed by atoms with Crippen molar-refractivity contribution in [1.82, 2.24) is 0 Å². The predicted octanol–water partition coefficient (Wildman–Crippen LogP) is 0.442. The number of carboxylic acids is 1. The Morgan fingerprint density at radius 1 is 1.60 bits per heavy atom. The van der Waals surface area contributed by atoms with Gasteiger partial charge in [0.05, 0.1) is 16.0 Å². The summed E-state index contributed by atoms with van der Waals surface area (Å²) in [5, 5.41) is 7.89. The van der Waals surface area contributed by atoms with Crippen LogP contribution < -0.4 is 0 Å². The second-order valence-electron chi connectivity index (χ2n) is 3.63. The Morgan fingerprint density at radius 3 is 2.60 bits per heavy atom. The number of hydrogen-bond donors (Lipinski definition) is 1. The highest BCUT2D eigenvalue weighted by molar-refractivity contribution is 6.11. The molecule has 4 nitrogen and oxygen atoms in total. The molecule has 1 rings (SSSR count). The van der Waals surface area contributed by atoms with Crippen molar-refractivity contribution in [1.29, 1.82) is 0 Å². The molecule has 0 aromatic carbocycles. The van der Waals surface area contributed by atoms with E-state index in [4.69, 9.17) is 9.84 Å². The molecule has 1 heterocycles. The molecule has 1 unspecified atom stereocenters. The van der Waals surface area contributed by atoms with Crippen molar-refractivity contribution in [3.63, 3.8) is 0 Å². The van der Waals surface area contributed by atoms with Gasteiger partial charge in [0, 0.05) is 12.0 Å². The third-order valence-electron chi connectivity index (χ3n) is 1.94. The molecule has 1 aliphatic heterocycles. The van der Waals surface area contributed by atoms with E-state index in [0.717, 1.165) is 23.1 Å². The fraction of sp³-hybridized carbons (Fsp3) is 0.600. The maximum absolute atomic E-state index is 10.7. The van der Waals surface area contributed by atoms with Gasteiger partial charge >= 0.3 is 11.9 Å². The van der Waals surface area contributed by atoms with Gasteiger partial charge in [-0.05, 0) is 26.2 Å². The number of ether oxygens (including phenoxy) is 1. The average molecular weight is 230 g/mol. The largest absolute Gasteiger partial charge is 0.478 e. The minimum atomic E-state index is -0.935. The molecule has 1 saturated heterocycles. The van der Waals surface area contributed by atoms with E-state index in [2.05, 4.69) is 6.58 Å². The summed E-state index contributed by atoms with van der Waals surface area (Å²) in [7, 11) is 0.994. The zero-order chi connectivity index (χ0) is 11.8. The zero-order valence-corrected chi connectivity index (χ0v) is 11.3. The summed E-state index contributed by atoms with van der Waals surface area (Å²) in [6.07, 6.45) is 3.92. The van der Waals surface area contributed by atoms with Crippen LogP contribution in [0, 0.1) is 0 Å². The van der Waals surface area contributed by atoms with Crippen LogP contribution in [0.2, 0.25) is 0 Å². The average Bonchev–Trinajstić information content (AvgIpc) is 2.30. The number of carbonyl (C=O) groups excluding carboxylic acids is 1. The normalized spacial score (nSPS) is 20.6. The zero-order valence-electron chi connectivity index (χ0n) is 9.28. The molecule has 1 fully saturated rings. The highest BCUT2D eigenvalue weighted by atomic mass is 28.1. The van der Waals surface area contributed by atoms with Gasteiger partial charge in [-0.3, -0.25) is 4.79 Å². The molecule has 86 valence electrons. The Balaban J connectivity index is 0.000000288. The number of rotatable bonds is 1. The Labute approximate surface area is 92.7 Å². The quantitative estimate of drug-likeness (QED) is 0.403. The van der Waals surface area contributed by atoms with Crippen molar-refractivity contribution in [2.24, 2.45) is 0 Å². The summed E-state index contributed by atoms with van der Waals surface area (Å²) < 4.78 is 5.03. The molecule has 5 heteroatoms. The summed E-state index contributed by atoms with van der Waals surface area (Å²) in [5.41, 5.74) is 0.468. The maximum atomic E-state index is 10.7. The van der Waals surface area contributed by atoms with Crippen molar-refractivity contribution in [3.05, 3.63) is 12.2 Å². The van der Waals surface area contributed by atoms with Gasteiger partial charge in [-0.15, -0.1) is 0 Å². The van der Waals surface area contributed by atoms with E-state index in [1.807, 2.05) is 0 Å². The molecule has 1 N–H and O–H groups in total. The monoisotopic (exact) mass is 230 g/mol. The Morgan fingerprint density at radius 2 is 2.13 bits per heavy atom. The van der Waals surface area contributed by atoms with Crippen LogP contribution in [0.1, 0.15) is 32.6 Å². The molecule has 0 bridgehead atoms. The van der Waals surface area contributed by atoms with Gasteiger partial charge in [0.2, 0.25) is 0 Å². The lowest BCUT2D eigenvalue weighted by Crippen LogP contribution is -2.14. The van der Waals surface area contributed by atoms with E-state index in [-0.39, 0.29) is 11.5 Å². The van der Waals surface area contributed by atoms with Gasteiger partial charge in [0.25, 0.3) is 0 Å². The Bertz CT molecular complexity index is 238. The van der Waals surface area contributed by atoms with Crippen LogP contribution in [0.5, 0.6) is 0 Å². The van der Waals surface area contributed by atoms with Gasteiger partial charge in [0.15, 0.2) is 0 Å². The van der Waals surface area contributed by atoms with Gasteiger partial charge in [-0.25, -0.2) is 4.79 Å². The second kappa shape index (κ2) is 7.22. The van der Waals surface area contributed by atoms with Gasteiger partial charge in [0.1, 0.15) is 0 Å². The summed E-state index contributed by atoms with van der Waals surface area (Å²) >= 11 is 0. The number of aliphatic carboxylic acids is 1. The van der Waals surface area contributed by atoms with Crippen LogP contribution in [0.3, 0.4) is 0 Å². The van der Waals surface area contributed by atoms with E-state index >= 15 is 0 Å². The lowest BCUT2D eigenvalue weighted by Gasteiger charge is -2.06. The second-order valence-corrected chi connectivity index (χ2v) is 4.92. The summed E-state index contributed by atoms with van der Waals surface area (Å²) in [6.45, 7) is 4.60. The van der Waals surface area contributed by atoms with Crippen LogP contribution in [0.4, 0.5) is 0 Å².